The summed E-state index contributed by atoms with van der Waals surface area (Å²) in [6.07, 6.45) is 8.64. The van der Waals surface area contributed by atoms with Crippen LogP contribution in [-0.4, -0.2) is 20.9 Å². The number of aromatic nitrogens is 3. The van der Waals surface area contributed by atoms with Crippen LogP contribution in [-0.2, 0) is 9.53 Å². The van der Waals surface area contributed by atoms with E-state index in [1.54, 1.807) is 18.2 Å². The first-order chi connectivity index (χ1) is 17.5. The number of ether oxygens (including phenoxy) is 2. The minimum Gasteiger partial charge on any atom is -0.440 e. The number of rotatable bonds is 7. The molecule has 0 N–H and O–H groups in total. The van der Waals surface area contributed by atoms with E-state index in [4.69, 9.17) is 9.47 Å². The SMILES string of the molecule is CC1(C)[C@@H](C(=O)OC(C#N)c2cccc(Oc3ccccc3)n2)[C@@H]1c1cnc(C2CCCCC2)nc1. The van der Waals surface area contributed by atoms with Crippen molar-refractivity contribution in [3.05, 3.63) is 78.0 Å². The second-order valence-corrected chi connectivity index (χ2v) is 10.2. The Morgan fingerprint density at radius 1 is 1.03 bits per heavy atom. The third-order valence-electron chi connectivity index (χ3n) is 7.43. The van der Waals surface area contributed by atoms with E-state index in [1.807, 2.05) is 56.6 Å². The monoisotopic (exact) mass is 482 g/mol. The van der Waals surface area contributed by atoms with Crippen LogP contribution in [0.5, 0.6) is 11.6 Å². The number of hydrogen-bond acceptors (Lipinski definition) is 7. The molecule has 2 aromatic heterocycles. The van der Waals surface area contributed by atoms with Gasteiger partial charge in [0.1, 0.15) is 17.6 Å². The van der Waals surface area contributed by atoms with E-state index in [-0.39, 0.29) is 17.3 Å². The summed E-state index contributed by atoms with van der Waals surface area (Å²) in [5.41, 5.74) is 0.958. The average molecular weight is 483 g/mol. The molecule has 2 aliphatic carbocycles. The highest BCUT2D eigenvalue weighted by Gasteiger charge is 2.63. The number of carbonyl (C=O) groups is 1. The van der Waals surface area contributed by atoms with Crippen LogP contribution in [0.1, 0.15) is 81.0 Å². The van der Waals surface area contributed by atoms with Crippen molar-refractivity contribution >= 4 is 5.97 Å². The van der Waals surface area contributed by atoms with Crippen molar-refractivity contribution < 1.29 is 14.3 Å². The van der Waals surface area contributed by atoms with Gasteiger partial charge in [0, 0.05) is 30.3 Å². The molecular formula is C29H30N4O3. The molecule has 3 atom stereocenters. The maximum absolute atomic E-state index is 13.2. The van der Waals surface area contributed by atoms with Gasteiger partial charge in [0.25, 0.3) is 0 Å². The van der Waals surface area contributed by atoms with Crippen LogP contribution >= 0.6 is 0 Å². The molecule has 1 unspecified atom stereocenters. The lowest BCUT2D eigenvalue weighted by atomic mass is 9.88. The summed E-state index contributed by atoms with van der Waals surface area (Å²) < 4.78 is 11.4. The molecule has 7 heteroatoms. The molecule has 0 saturated heterocycles. The molecule has 3 aromatic rings. The fraction of sp³-hybridized carbons (Fsp3) is 0.414. The van der Waals surface area contributed by atoms with Gasteiger partial charge < -0.3 is 9.47 Å². The zero-order chi connectivity index (χ0) is 25.1. The number of carbonyl (C=O) groups excluding carboxylic acids is 1. The van der Waals surface area contributed by atoms with Gasteiger partial charge >= 0.3 is 5.97 Å². The Labute approximate surface area is 211 Å². The molecular weight excluding hydrogens is 452 g/mol. The van der Waals surface area contributed by atoms with Crippen LogP contribution in [0.2, 0.25) is 0 Å². The number of para-hydroxylation sites is 1. The lowest BCUT2D eigenvalue weighted by Crippen LogP contribution is -2.15. The molecule has 0 bridgehead atoms. The third kappa shape index (κ3) is 4.94. The Kier molecular flexibility index (Phi) is 6.69. The maximum Gasteiger partial charge on any atom is 0.311 e. The smallest absolute Gasteiger partial charge is 0.311 e. The van der Waals surface area contributed by atoms with Crippen LogP contribution in [0.15, 0.2) is 60.9 Å². The van der Waals surface area contributed by atoms with Crippen molar-refractivity contribution in [2.75, 3.05) is 0 Å². The summed E-state index contributed by atoms with van der Waals surface area (Å²) in [5, 5.41) is 9.75. The lowest BCUT2D eigenvalue weighted by Gasteiger charge is -2.20. The first kappa shape index (κ1) is 23.9. The second kappa shape index (κ2) is 10.1. The lowest BCUT2D eigenvalue weighted by molar-refractivity contribution is -0.149. The van der Waals surface area contributed by atoms with Crippen LogP contribution in [0.3, 0.4) is 0 Å². The fourth-order valence-corrected chi connectivity index (χ4v) is 5.37. The number of benzene rings is 1. The predicted molar refractivity (Wildman–Crippen MR) is 133 cm³/mol. The molecule has 2 fully saturated rings. The maximum atomic E-state index is 13.2. The van der Waals surface area contributed by atoms with Gasteiger partial charge in [-0.3, -0.25) is 4.79 Å². The highest BCUT2D eigenvalue weighted by Crippen LogP contribution is 2.64. The van der Waals surface area contributed by atoms with E-state index in [1.165, 1.54) is 19.3 Å². The molecule has 0 spiro atoms. The molecule has 2 heterocycles. The van der Waals surface area contributed by atoms with Gasteiger partial charge in [-0.2, -0.15) is 5.26 Å². The summed E-state index contributed by atoms with van der Waals surface area (Å²) >= 11 is 0. The molecule has 5 rings (SSSR count). The van der Waals surface area contributed by atoms with Gasteiger partial charge in [-0.1, -0.05) is 57.4 Å². The van der Waals surface area contributed by atoms with Crippen molar-refractivity contribution in [1.82, 2.24) is 15.0 Å². The zero-order valence-electron chi connectivity index (χ0n) is 20.6. The van der Waals surface area contributed by atoms with Gasteiger partial charge in [0.05, 0.1) is 11.6 Å². The Morgan fingerprint density at radius 3 is 2.44 bits per heavy atom. The molecule has 0 amide bonds. The van der Waals surface area contributed by atoms with Gasteiger partial charge in [0.15, 0.2) is 0 Å². The number of nitriles is 1. The molecule has 1 aromatic carbocycles. The number of pyridine rings is 1. The highest BCUT2D eigenvalue weighted by molar-refractivity contribution is 5.80. The van der Waals surface area contributed by atoms with E-state index in [0.717, 1.165) is 24.2 Å². The Bertz CT molecular complexity index is 1250. The summed E-state index contributed by atoms with van der Waals surface area (Å²) in [6.45, 7) is 4.07. The van der Waals surface area contributed by atoms with Crippen molar-refractivity contribution in [2.24, 2.45) is 11.3 Å². The molecule has 36 heavy (non-hydrogen) atoms. The third-order valence-corrected chi connectivity index (χ3v) is 7.43. The normalized spacial score (nSPS) is 21.7. The minimum atomic E-state index is -1.13. The van der Waals surface area contributed by atoms with Gasteiger partial charge in [-0.15, -0.1) is 0 Å². The van der Waals surface area contributed by atoms with Gasteiger partial charge in [-0.05, 0) is 42.0 Å². The summed E-state index contributed by atoms with van der Waals surface area (Å²) in [7, 11) is 0. The quantitative estimate of drug-likeness (QED) is 0.367. The predicted octanol–water partition coefficient (Wildman–Crippen LogP) is 6.26. The van der Waals surface area contributed by atoms with Crippen LogP contribution in [0.25, 0.3) is 0 Å². The van der Waals surface area contributed by atoms with Crippen molar-refractivity contribution in [3.63, 3.8) is 0 Å². The summed E-state index contributed by atoms with van der Waals surface area (Å²) in [5.74, 6) is 1.47. The van der Waals surface area contributed by atoms with E-state index in [9.17, 15) is 10.1 Å². The molecule has 2 aliphatic rings. The van der Waals surface area contributed by atoms with E-state index in [0.29, 0.717) is 23.2 Å². The summed E-state index contributed by atoms with van der Waals surface area (Å²) in [4.78, 5) is 26.9. The first-order valence-electron chi connectivity index (χ1n) is 12.6. The molecule has 0 radical (unpaired) electrons. The van der Waals surface area contributed by atoms with E-state index < -0.39 is 12.1 Å². The standard InChI is InChI=1S/C29H30N4O3/c1-29(2)25(20-17-31-27(32-18-20)19-10-5-3-6-11-19)26(29)28(34)36-23(16-30)22-14-9-15-24(33-22)35-21-12-7-4-8-13-21/h4,7-9,12-15,17-19,23,25-26H,3,5-6,10-11H2,1-2H3/t23?,25-,26+/m0/s1. The molecule has 0 aliphatic heterocycles. The van der Waals surface area contributed by atoms with E-state index in [2.05, 4.69) is 21.0 Å². The zero-order valence-corrected chi connectivity index (χ0v) is 20.6. The number of nitrogens with zero attached hydrogens (tertiary/aromatic N) is 4. The van der Waals surface area contributed by atoms with Crippen LogP contribution < -0.4 is 4.74 Å². The largest absolute Gasteiger partial charge is 0.440 e. The Balaban J connectivity index is 1.26. The molecule has 7 nitrogen and oxygen atoms in total. The highest BCUT2D eigenvalue weighted by atomic mass is 16.5. The fourth-order valence-electron chi connectivity index (χ4n) is 5.37. The second-order valence-electron chi connectivity index (χ2n) is 10.2. The molecule has 2 saturated carbocycles. The number of esters is 1. The van der Waals surface area contributed by atoms with Crippen molar-refractivity contribution in [1.29, 1.82) is 5.26 Å². The van der Waals surface area contributed by atoms with Crippen LogP contribution in [0, 0.1) is 22.7 Å². The first-order valence-corrected chi connectivity index (χ1v) is 12.6. The molecule has 184 valence electrons. The Hall–Kier alpha value is -3.79. The van der Waals surface area contributed by atoms with E-state index >= 15 is 0 Å². The average Bonchev–Trinajstić information content (AvgIpc) is 3.50. The minimum absolute atomic E-state index is 0.0505. The summed E-state index contributed by atoms with van der Waals surface area (Å²) in [6, 6.07) is 16.4. The van der Waals surface area contributed by atoms with Crippen molar-refractivity contribution in [3.8, 4) is 17.7 Å². The van der Waals surface area contributed by atoms with Gasteiger partial charge in [-0.25, -0.2) is 15.0 Å². The topological polar surface area (TPSA) is 98.0 Å². The van der Waals surface area contributed by atoms with Crippen LogP contribution in [0.4, 0.5) is 0 Å². The van der Waals surface area contributed by atoms with Crippen molar-refractivity contribution in [2.45, 2.75) is 63.9 Å². The van der Waals surface area contributed by atoms with Gasteiger partial charge in [0.2, 0.25) is 12.0 Å². The number of hydrogen-bond donors (Lipinski definition) is 0. The Morgan fingerprint density at radius 2 is 1.75 bits per heavy atom.